The minimum absolute atomic E-state index is 0.00475. The Bertz CT molecular complexity index is 1640. The van der Waals surface area contributed by atoms with Crippen molar-refractivity contribution in [3.63, 3.8) is 0 Å². The first kappa shape index (κ1) is 30.8. The van der Waals surface area contributed by atoms with Crippen molar-refractivity contribution in [2.75, 3.05) is 0 Å². The maximum atomic E-state index is 13.7. The number of H-pyrrole nitrogens is 2. The molecule has 4 rings (SSSR count). The molecule has 2 aromatic carbocycles. The Morgan fingerprint density at radius 1 is 0.744 bits per heavy atom. The van der Waals surface area contributed by atoms with Crippen LogP contribution in [0.25, 0.3) is 21.8 Å². The normalized spacial score (nSPS) is 14.0. The van der Waals surface area contributed by atoms with Crippen molar-refractivity contribution < 1.29 is 29.1 Å². The number of aliphatic carboxylic acids is 1. The number of rotatable bonds is 14. The van der Waals surface area contributed by atoms with Crippen LogP contribution in [-0.4, -0.2) is 68.8 Å². The molecule has 0 saturated heterocycles. The summed E-state index contributed by atoms with van der Waals surface area (Å²) >= 11 is 0. The number of carboxylic acids is 1. The number of amides is 4. The second kappa shape index (κ2) is 13.7. The van der Waals surface area contributed by atoms with Gasteiger partial charge in [-0.3, -0.25) is 19.2 Å². The van der Waals surface area contributed by atoms with Gasteiger partial charge in [0.2, 0.25) is 23.6 Å². The predicted octanol–water partition coefficient (Wildman–Crippen LogP) is 0.586. The molecule has 43 heavy (non-hydrogen) atoms. The quantitative estimate of drug-likeness (QED) is 0.104. The van der Waals surface area contributed by atoms with Crippen molar-refractivity contribution in [1.29, 1.82) is 0 Å². The van der Waals surface area contributed by atoms with Gasteiger partial charge in [-0.2, -0.15) is 0 Å². The number of nitrogens with one attached hydrogen (secondary N) is 5. The zero-order valence-electron chi connectivity index (χ0n) is 23.6. The van der Waals surface area contributed by atoms with Crippen LogP contribution in [-0.2, 0) is 36.8 Å². The van der Waals surface area contributed by atoms with Gasteiger partial charge >= 0.3 is 5.97 Å². The van der Waals surface area contributed by atoms with Crippen LogP contribution in [0, 0.1) is 0 Å². The largest absolute Gasteiger partial charge is 0.480 e. The molecule has 0 fully saturated rings. The van der Waals surface area contributed by atoms with Gasteiger partial charge in [-0.1, -0.05) is 36.4 Å². The molecule has 0 aliphatic heterocycles. The molecule has 0 aliphatic carbocycles. The zero-order chi connectivity index (χ0) is 31.1. The molecule has 13 heteroatoms. The van der Waals surface area contributed by atoms with E-state index in [1.165, 1.54) is 6.92 Å². The molecule has 0 bridgehead atoms. The van der Waals surface area contributed by atoms with Gasteiger partial charge in [0.05, 0.1) is 6.04 Å². The van der Waals surface area contributed by atoms with Crippen LogP contribution in [0.2, 0.25) is 0 Å². The molecule has 2 aromatic heterocycles. The van der Waals surface area contributed by atoms with Gasteiger partial charge in [-0.15, -0.1) is 0 Å². The van der Waals surface area contributed by atoms with E-state index in [2.05, 4.69) is 25.9 Å². The zero-order valence-corrected chi connectivity index (χ0v) is 23.6. The van der Waals surface area contributed by atoms with Crippen LogP contribution in [0.5, 0.6) is 0 Å². The topological polar surface area (TPSA) is 225 Å². The highest BCUT2D eigenvalue weighted by Gasteiger charge is 2.31. The fourth-order valence-electron chi connectivity index (χ4n) is 4.85. The summed E-state index contributed by atoms with van der Waals surface area (Å²) in [5.41, 5.74) is 14.0. The lowest BCUT2D eigenvalue weighted by Crippen LogP contribution is -2.57. The molecular formula is C30H35N7O6. The number of carbonyl (C=O) groups is 5. The summed E-state index contributed by atoms with van der Waals surface area (Å²) in [7, 11) is 0. The third kappa shape index (κ3) is 7.77. The van der Waals surface area contributed by atoms with E-state index >= 15 is 0 Å². The summed E-state index contributed by atoms with van der Waals surface area (Å²) in [5.74, 6) is -4.05. The number of hydrogen-bond donors (Lipinski definition) is 8. The van der Waals surface area contributed by atoms with Gasteiger partial charge in [-0.05, 0) is 36.6 Å². The lowest BCUT2D eigenvalue weighted by Gasteiger charge is -2.25. The van der Waals surface area contributed by atoms with Crippen molar-refractivity contribution in [3.8, 4) is 0 Å². The second-order valence-corrected chi connectivity index (χ2v) is 10.4. The van der Waals surface area contributed by atoms with E-state index in [4.69, 9.17) is 11.5 Å². The number of hydrogen-bond acceptors (Lipinski definition) is 6. The molecule has 4 atom stereocenters. The van der Waals surface area contributed by atoms with Crippen molar-refractivity contribution in [3.05, 3.63) is 72.1 Å². The number of primary amides is 1. The van der Waals surface area contributed by atoms with Crippen LogP contribution in [0.3, 0.4) is 0 Å². The Kier molecular flexibility index (Phi) is 9.78. The van der Waals surface area contributed by atoms with Crippen LogP contribution in [0.1, 0.15) is 30.9 Å². The molecule has 0 spiro atoms. The molecule has 10 N–H and O–H groups in total. The van der Waals surface area contributed by atoms with E-state index < -0.39 is 53.8 Å². The predicted molar refractivity (Wildman–Crippen MR) is 160 cm³/mol. The number of carbonyl (C=O) groups excluding carboxylic acids is 4. The van der Waals surface area contributed by atoms with Gasteiger partial charge in [0, 0.05) is 53.5 Å². The summed E-state index contributed by atoms with van der Waals surface area (Å²) in [6.07, 6.45) is 3.07. The lowest BCUT2D eigenvalue weighted by atomic mass is 10.0. The van der Waals surface area contributed by atoms with Gasteiger partial charge in [0.25, 0.3) is 0 Å². The second-order valence-electron chi connectivity index (χ2n) is 10.4. The molecule has 4 unspecified atom stereocenters. The number of nitrogens with two attached hydrogens (primary N) is 2. The monoisotopic (exact) mass is 589 g/mol. The van der Waals surface area contributed by atoms with Crippen LogP contribution < -0.4 is 27.4 Å². The van der Waals surface area contributed by atoms with E-state index in [0.717, 1.165) is 21.8 Å². The number of carboxylic acid groups (broad SMARTS) is 1. The SMILES string of the molecule is CC(N)C(=O)NC(CCC(N)=O)C(=O)NC(Cc1c[nH]c2ccccc12)C(=O)NC(Cc1c[nH]c2ccccc12)C(=O)O. The summed E-state index contributed by atoms with van der Waals surface area (Å²) in [4.78, 5) is 69.3. The summed E-state index contributed by atoms with van der Waals surface area (Å²) in [6, 6.07) is 10.1. The molecule has 0 radical (unpaired) electrons. The number of aromatic nitrogens is 2. The maximum absolute atomic E-state index is 13.7. The Balaban J connectivity index is 1.59. The summed E-state index contributed by atoms with van der Waals surface area (Å²) in [6.45, 7) is 1.44. The first-order valence-corrected chi connectivity index (χ1v) is 13.8. The molecular weight excluding hydrogens is 554 g/mol. The minimum Gasteiger partial charge on any atom is -0.480 e. The Labute approximate surface area is 246 Å². The van der Waals surface area contributed by atoms with E-state index in [1.807, 2.05) is 48.5 Å². The standard InChI is InChI=1S/C30H35N7O6/c1-16(31)27(39)35-23(10-11-26(32)38)28(40)36-24(12-17-14-33-21-8-4-2-6-19(17)21)29(41)37-25(30(42)43)13-18-15-34-22-9-5-3-7-20(18)22/h2-9,14-16,23-25,33-34H,10-13,31H2,1H3,(H2,32,38)(H,35,39)(H,36,40)(H,37,41)(H,42,43). The Morgan fingerprint density at radius 2 is 1.21 bits per heavy atom. The van der Waals surface area contributed by atoms with Crippen LogP contribution >= 0.6 is 0 Å². The molecule has 2 heterocycles. The number of aromatic amines is 2. The average Bonchev–Trinajstić information content (AvgIpc) is 3.58. The molecule has 0 aliphatic rings. The Morgan fingerprint density at radius 3 is 1.72 bits per heavy atom. The first-order valence-electron chi connectivity index (χ1n) is 13.8. The third-order valence-electron chi connectivity index (χ3n) is 7.17. The highest BCUT2D eigenvalue weighted by atomic mass is 16.4. The van der Waals surface area contributed by atoms with E-state index in [0.29, 0.717) is 11.1 Å². The number of fused-ring (bicyclic) bond motifs is 2. The first-order chi connectivity index (χ1) is 20.5. The molecule has 0 saturated carbocycles. The number of benzene rings is 2. The van der Waals surface area contributed by atoms with Crippen LogP contribution in [0.15, 0.2) is 60.9 Å². The molecule has 13 nitrogen and oxygen atoms in total. The highest BCUT2D eigenvalue weighted by Crippen LogP contribution is 2.21. The molecule has 4 amide bonds. The van der Waals surface area contributed by atoms with Gasteiger partial charge in [0.15, 0.2) is 0 Å². The van der Waals surface area contributed by atoms with E-state index in [9.17, 15) is 29.1 Å². The van der Waals surface area contributed by atoms with Crippen molar-refractivity contribution >= 4 is 51.4 Å². The smallest absolute Gasteiger partial charge is 0.326 e. The minimum atomic E-state index is -1.31. The summed E-state index contributed by atoms with van der Waals surface area (Å²) < 4.78 is 0. The van der Waals surface area contributed by atoms with Gasteiger partial charge < -0.3 is 42.5 Å². The van der Waals surface area contributed by atoms with Gasteiger partial charge in [0.1, 0.15) is 18.1 Å². The van der Waals surface area contributed by atoms with Crippen molar-refractivity contribution in [1.82, 2.24) is 25.9 Å². The highest BCUT2D eigenvalue weighted by molar-refractivity contribution is 5.95. The molecule has 4 aromatic rings. The molecule has 226 valence electrons. The van der Waals surface area contributed by atoms with Crippen molar-refractivity contribution in [2.45, 2.75) is 56.8 Å². The van der Waals surface area contributed by atoms with Crippen LogP contribution in [0.4, 0.5) is 0 Å². The average molecular weight is 590 g/mol. The van der Waals surface area contributed by atoms with Gasteiger partial charge in [-0.25, -0.2) is 4.79 Å². The maximum Gasteiger partial charge on any atom is 0.326 e. The van der Waals surface area contributed by atoms with Crippen molar-refractivity contribution in [2.24, 2.45) is 11.5 Å². The fourth-order valence-corrected chi connectivity index (χ4v) is 4.85. The Hall–Kier alpha value is -5.17. The fraction of sp³-hybridized carbons (Fsp3) is 0.300. The number of para-hydroxylation sites is 2. The van der Waals surface area contributed by atoms with E-state index in [1.54, 1.807) is 12.4 Å². The van der Waals surface area contributed by atoms with E-state index in [-0.39, 0.29) is 25.7 Å². The lowest BCUT2D eigenvalue weighted by molar-refractivity contribution is -0.142. The summed E-state index contributed by atoms with van der Waals surface area (Å²) in [5, 5.41) is 19.4. The third-order valence-corrected chi connectivity index (χ3v) is 7.17.